The molecule has 2 N–H and O–H groups in total. The number of carbonyl (C=O) groups excluding carboxylic acids is 4. The molecule has 4 rings (SSSR count). The van der Waals surface area contributed by atoms with E-state index in [1.165, 1.54) is 11.3 Å². The Kier molecular flexibility index (Phi) is 7.33. The fourth-order valence-electron chi connectivity index (χ4n) is 3.67. The van der Waals surface area contributed by atoms with Crippen molar-refractivity contribution in [2.75, 3.05) is 18.5 Å². The number of hydrogen-bond acceptors (Lipinski definition) is 7. The van der Waals surface area contributed by atoms with Gasteiger partial charge in [0.05, 0.1) is 17.7 Å². The Labute approximate surface area is 210 Å². The van der Waals surface area contributed by atoms with E-state index in [4.69, 9.17) is 17.0 Å². The molecule has 0 spiro atoms. The van der Waals surface area contributed by atoms with Crippen LogP contribution in [0.2, 0.25) is 0 Å². The van der Waals surface area contributed by atoms with Crippen LogP contribution in [0.15, 0.2) is 60.0 Å². The summed E-state index contributed by atoms with van der Waals surface area (Å²) in [4.78, 5) is 51.1. The smallest absolute Gasteiger partial charge is 0.341 e. The molecule has 0 aliphatic carbocycles. The second kappa shape index (κ2) is 10.6. The SMILES string of the molecule is CCOC(=O)c1c(-c2ccccc2)csc1NC(=S)NC(=O)CCN1C(=O)c2ccccc2C1=O. The van der Waals surface area contributed by atoms with E-state index in [1.807, 2.05) is 35.7 Å². The third-order valence-electron chi connectivity index (χ3n) is 5.28. The Morgan fingerprint density at radius 1 is 0.971 bits per heavy atom. The van der Waals surface area contributed by atoms with E-state index >= 15 is 0 Å². The van der Waals surface area contributed by atoms with Crippen molar-refractivity contribution in [2.24, 2.45) is 0 Å². The number of thiophene rings is 1. The second-order valence-electron chi connectivity index (χ2n) is 7.50. The zero-order valence-electron chi connectivity index (χ0n) is 18.7. The normalized spacial score (nSPS) is 12.3. The number of rotatable bonds is 7. The number of thiocarbonyl (C=S) groups is 1. The van der Waals surface area contributed by atoms with Crippen LogP contribution in [0.1, 0.15) is 44.4 Å². The summed E-state index contributed by atoms with van der Waals surface area (Å²) in [6.45, 7) is 1.85. The molecule has 0 saturated carbocycles. The highest BCUT2D eigenvalue weighted by Gasteiger charge is 2.35. The van der Waals surface area contributed by atoms with Crippen molar-refractivity contribution in [3.63, 3.8) is 0 Å². The van der Waals surface area contributed by atoms with E-state index in [9.17, 15) is 19.2 Å². The van der Waals surface area contributed by atoms with Gasteiger partial charge in [0, 0.05) is 23.9 Å². The summed E-state index contributed by atoms with van der Waals surface area (Å²) in [7, 11) is 0. The predicted octanol–water partition coefficient (Wildman–Crippen LogP) is 4.09. The monoisotopic (exact) mass is 507 g/mol. The number of fused-ring (bicyclic) bond motifs is 1. The van der Waals surface area contributed by atoms with E-state index < -0.39 is 23.7 Å². The van der Waals surface area contributed by atoms with Crippen LogP contribution >= 0.6 is 23.6 Å². The summed E-state index contributed by atoms with van der Waals surface area (Å²) in [5.41, 5.74) is 2.51. The highest BCUT2D eigenvalue weighted by Crippen LogP contribution is 2.36. The maximum atomic E-state index is 12.7. The molecule has 178 valence electrons. The molecule has 2 aromatic carbocycles. The van der Waals surface area contributed by atoms with Crippen LogP contribution in [0.5, 0.6) is 0 Å². The van der Waals surface area contributed by atoms with E-state index in [1.54, 1.807) is 31.2 Å². The van der Waals surface area contributed by atoms with Gasteiger partial charge in [-0.25, -0.2) is 4.79 Å². The minimum atomic E-state index is -0.505. The Hall–Kier alpha value is -3.89. The molecule has 1 aromatic heterocycles. The van der Waals surface area contributed by atoms with Crippen molar-refractivity contribution in [3.8, 4) is 11.1 Å². The van der Waals surface area contributed by atoms with Crippen LogP contribution in [0.25, 0.3) is 11.1 Å². The zero-order valence-corrected chi connectivity index (χ0v) is 20.3. The number of anilines is 1. The molecule has 2 heterocycles. The zero-order chi connectivity index (χ0) is 24.9. The third kappa shape index (κ3) is 5.13. The van der Waals surface area contributed by atoms with Crippen molar-refractivity contribution in [2.45, 2.75) is 13.3 Å². The van der Waals surface area contributed by atoms with Crippen molar-refractivity contribution in [1.82, 2.24) is 10.2 Å². The fourth-order valence-corrected chi connectivity index (χ4v) is 4.91. The van der Waals surface area contributed by atoms with Gasteiger partial charge in [-0.3, -0.25) is 19.3 Å². The van der Waals surface area contributed by atoms with Crippen molar-refractivity contribution >= 4 is 57.4 Å². The summed E-state index contributed by atoms with van der Waals surface area (Å²) >= 11 is 6.52. The lowest BCUT2D eigenvalue weighted by atomic mass is 10.0. The van der Waals surface area contributed by atoms with Crippen molar-refractivity contribution in [3.05, 3.63) is 76.7 Å². The lowest BCUT2D eigenvalue weighted by molar-refractivity contribution is -0.119. The molecule has 10 heteroatoms. The lowest BCUT2D eigenvalue weighted by Crippen LogP contribution is -2.38. The number of hydrogen-bond donors (Lipinski definition) is 2. The molecule has 0 radical (unpaired) electrons. The van der Waals surface area contributed by atoms with Gasteiger partial charge < -0.3 is 15.4 Å². The number of imide groups is 1. The Morgan fingerprint density at radius 2 is 1.60 bits per heavy atom. The number of nitrogens with zero attached hydrogens (tertiary/aromatic N) is 1. The van der Waals surface area contributed by atoms with Gasteiger partial charge in [0.15, 0.2) is 5.11 Å². The minimum Gasteiger partial charge on any atom is -0.462 e. The van der Waals surface area contributed by atoms with Gasteiger partial charge >= 0.3 is 5.97 Å². The first kappa shape index (κ1) is 24.2. The fraction of sp³-hybridized carbons (Fsp3) is 0.160. The van der Waals surface area contributed by atoms with Gasteiger partial charge in [-0.1, -0.05) is 42.5 Å². The van der Waals surface area contributed by atoms with Crippen LogP contribution < -0.4 is 10.6 Å². The number of amides is 3. The number of ether oxygens (including phenoxy) is 1. The third-order valence-corrected chi connectivity index (χ3v) is 6.38. The van der Waals surface area contributed by atoms with Gasteiger partial charge in [0.2, 0.25) is 5.91 Å². The van der Waals surface area contributed by atoms with Gasteiger partial charge in [0.25, 0.3) is 11.8 Å². The number of esters is 1. The Bertz CT molecular complexity index is 1280. The molecule has 0 saturated heterocycles. The van der Waals surface area contributed by atoms with Crippen molar-refractivity contribution in [1.29, 1.82) is 0 Å². The first-order valence-electron chi connectivity index (χ1n) is 10.8. The van der Waals surface area contributed by atoms with E-state index in [0.717, 1.165) is 10.5 Å². The molecule has 35 heavy (non-hydrogen) atoms. The summed E-state index contributed by atoms with van der Waals surface area (Å²) in [5.74, 6) is -1.83. The molecule has 1 aliphatic rings. The van der Waals surface area contributed by atoms with Gasteiger partial charge in [-0.15, -0.1) is 11.3 Å². The number of nitrogens with one attached hydrogen (secondary N) is 2. The topological polar surface area (TPSA) is 105 Å². The van der Waals surface area contributed by atoms with Crippen molar-refractivity contribution < 1.29 is 23.9 Å². The van der Waals surface area contributed by atoms with Crippen LogP contribution in [0.3, 0.4) is 0 Å². The minimum absolute atomic E-state index is 0.00984. The highest BCUT2D eigenvalue weighted by molar-refractivity contribution is 7.80. The molecule has 0 bridgehead atoms. The largest absolute Gasteiger partial charge is 0.462 e. The number of benzene rings is 2. The molecular formula is C25H21N3O5S2. The Morgan fingerprint density at radius 3 is 2.23 bits per heavy atom. The molecule has 0 fully saturated rings. The average Bonchev–Trinajstić information content (AvgIpc) is 3.37. The highest BCUT2D eigenvalue weighted by atomic mass is 32.1. The summed E-state index contributed by atoms with van der Waals surface area (Å²) in [6, 6.07) is 15.9. The predicted molar refractivity (Wildman–Crippen MR) is 137 cm³/mol. The quantitative estimate of drug-likeness (QED) is 0.282. The summed E-state index contributed by atoms with van der Waals surface area (Å²) in [6.07, 6.45) is -0.127. The lowest BCUT2D eigenvalue weighted by Gasteiger charge is -2.14. The standard InChI is InChI=1S/C25H21N3O5S2/c1-2-33-24(32)20-18(15-8-4-3-5-9-15)14-35-21(20)27-25(34)26-19(29)12-13-28-22(30)16-10-6-7-11-17(16)23(28)31/h3-11,14H,2,12-13H2,1H3,(H2,26,27,29,34). The Balaban J connectivity index is 1.40. The molecule has 1 aliphatic heterocycles. The maximum Gasteiger partial charge on any atom is 0.341 e. The average molecular weight is 508 g/mol. The number of carbonyl (C=O) groups is 4. The van der Waals surface area contributed by atoms with Gasteiger partial charge in [-0.2, -0.15) is 0 Å². The van der Waals surface area contributed by atoms with Crippen LogP contribution in [-0.2, 0) is 9.53 Å². The first-order chi connectivity index (χ1) is 16.9. The van der Waals surface area contributed by atoms with Crippen LogP contribution in [0, 0.1) is 0 Å². The van der Waals surface area contributed by atoms with Crippen LogP contribution in [0.4, 0.5) is 5.00 Å². The first-order valence-corrected chi connectivity index (χ1v) is 12.1. The van der Waals surface area contributed by atoms with E-state index in [0.29, 0.717) is 27.3 Å². The summed E-state index contributed by atoms with van der Waals surface area (Å²) in [5, 5.41) is 7.68. The molecule has 8 nitrogen and oxygen atoms in total. The van der Waals surface area contributed by atoms with E-state index in [2.05, 4.69) is 10.6 Å². The van der Waals surface area contributed by atoms with Gasteiger partial charge in [0.1, 0.15) is 10.6 Å². The second-order valence-corrected chi connectivity index (χ2v) is 8.79. The summed E-state index contributed by atoms with van der Waals surface area (Å²) < 4.78 is 5.22. The molecule has 0 unspecified atom stereocenters. The molecule has 3 aromatic rings. The molecule has 3 amide bonds. The van der Waals surface area contributed by atoms with Gasteiger partial charge in [-0.05, 0) is 36.8 Å². The molecule has 0 atom stereocenters. The van der Waals surface area contributed by atoms with E-state index in [-0.39, 0.29) is 24.7 Å². The molecular weight excluding hydrogens is 486 g/mol. The van der Waals surface area contributed by atoms with Crippen LogP contribution in [-0.4, -0.2) is 46.9 Å². The maximum absolute atomic E-state index is 12.7.